The molecule has 0 bridgehead atoms. The Kier molecular flexibility index (Phi) is 0.493. The first-order valence-corrected chi connectivity index (χ1v) is 3.79. The maximum Gasteiger partial charge on any atom is -0.00611 e. The lowest BCUT2D eigenvalue weighted by atomic mass is 9.65. The second kappa shape index (κ2) is 1.03. The molecule has 9 heavy (non-hydrogen) atoms. The van der Waals surface area contributed by atoms with E-state index in [1.165, 1.54) is 12.8 Å². The fourth-order valence-electron chi connectivity index (χ4n) is 2.49. The third-order valence-electron chi connectivity index (χ3n) is 3.07. The van der Waals surface area contributed by atoms with Crippen LogP contribution in [0, 0.1) is 11.8 Å². The van der Waals surface area contributed by atoms with E-state index in [1.807, 2.05) is 0 Å². The Morgan fingerprint density at radius 1 is 1.56 bits per heavy atom. The number of hydrogen-bond donors (Lipinski definition) is 0. The molecule has 2 unspecified atom stereocenters. The minimum atomic E-state index is 0.876. The predicted octanol–water partition coefficient (Wildman–Crippen LogP) is 2.28. The summed E-state index contributed by atoms with van der Waals surface area (Å²) in [4.78, 5) is 0. The Hall–Kier alpha value is -0.520. The largest absolute Gasteiger partial charge is 0.0772 e. The van der Waals surface area contributed by atoms with Crippen LogP contribution >= 0.6 is 0 Å². The quantitative estimate of drug-likeness (QED) is 0.457. The maximum absolute atomic E-state index is 2.47. The highest BCUT2D eigenvalue weighted by molar-refractivity contribution is 5.60. The van der Waals surface area contributed by atoms with Gasteiger partial charge < -0.3 is 0 Å². The molecular weight excluding hydrogens is 108 g/mol. The van der Waals surface area contributed by atoms with Gasteiger partial charge in [0.2, 0.25) is 0 Å². The van der Waals surface area contributed by atoms with E-state index in [2.05, 4.69) is 13.0 Å². The van der Waals surface area contributed by atoms with E-state index in [-0.39, 0.29) is 0 Å². The molecule has 0 aromatic heterocycles. The molecule has 0 spiro atoms. The second-order valence-corrected chi connectivity index (χ2v) is 3.56. The summed E-state index contributed by atoms with van der Waals surface area (Å²) >= 11 is 0. The minimum Gasteiger partial charge on any atom is -0.0772 e. The zero-order valence-corrected chi connectivity index (χ0v) is 5.65. The van der Waals surface area contributed by atoms with Crippen molar-refractivity contribution in [1.29, 1.82) is 0 Å². The molecule has 3 aliphatic rings. The van der Waals surface area contributed by atoms with E-state index in [4.69, 9.17) is 0 Å². The molecule has 0 aromatic carbocycles. The minimum absolute atomic E-state index is 0.876. The van der Waals surface area contributed by atoms with E-state index < -0.39 is 0 Å². The van der Waals surface area contributed by atoms with E-state index in [0.29, 0.717) is 0 Å². The first kappa shape index (κ1) is 4.32. The molecule has 0 heteroatoms. The van der Waals surface area contributed by atoms with Crippen LogP contribution in [0.3, 0.4) is 0 Å². The van der Waals surface area contributed by atoms with E-state index >= 15 is 0 Å². The average molecular weight is 118 g/mol. The van der Waals surface area contributed by atoms with Crippen molar-refractivity contribution >= 4 is 0 Å². The summed E-state index contributed by atoms with van der Waals surface area (Å²) in [5.74, 6) is 1.85. The highest BCUT2D eigenvalue weighted by atomic mass is 14.5. The van der Waals surface area contributed by atoms with Crippen LogP contribution in [-0.4, -0.2) is 0 Å². The van der Waals surface area contributed by atoms with E-state index in [9.17, 15) is 0 Å². The smallest absolute Gasteiger partial charge is 0.00611 e. The summed E-state index contributed by atoms with van der Waals surface area (Å²) in [6.45, 7) is 2.35. The Bertz CT molecular complexity index is 243. The second-order valence-electron chi connectivity index (χ2n) is 3.56. The number of rotatable bonds is 0. The van der Waals surface area contributed by atoms with Crippen LogP contribution in [0.15, 0.2) is 22.8 Å². The van der Waals surface area contributed by atoms with Crippen LogP contribution in [0.4, 0.5) is 0 Å². The first-order chi connectivity index (χ1) is 4.36. The molecule has 0 fully saturated rings. The van der Waals surface area contributed by atoms with Gasteiger partial charge in [-0.25, -0.2) is 0 Å². The highest BCUT2D eigenvalue weighted by Gasteiger charge is 2.45. The van der Waals surface area contributed by atoms with Crippen LogP contribution in [-0.2, 0) is 0 Å². The molecule has 0 heterocycles. The molecule has 0 nitrogen and oxygen atoms in total. The van der Waals surface area contributed by atoms with Crippen LogP contribution < -0.4 is 0 Å². The third kappa shape index (κ3) is 0.297. The molecule has 0 saturated carbocycles. The highest BCUT2D eigenvalue weighted by Crippen LogP contribution is 2.59. The van der Waals surface area contributed by atoms with Gasteiger partial charge in [-0.15, -0.1) is 0 Å². The van der Waals surface area contributed by atoms with Crippen molar-refractivity contribution in [2.45, 2.75) is 19.8 Å². The van der Waals surface area contributed by atoms with Gasteiger partial charge in [0, 0.05) is 0 Å². The SMILES string of the molecule is CC1C=C2CC3=C2C1C3. The molecule has 0 radical (unpaired) electrons. The molecule has 0 aromatic rings. The standard InChI is InChI=1S/C9H10/c1-5-2-6-3-7-4-8(5)9(6)7/h2,5,8H,3-4H2,1H3. The van der Waals surface area contributed by atoms with Gasteiger partial charge in [0.05, 0.1) is 0 Å². The van der Waals surface area contributed by atoms with Gasteiger partial charge in [-0.1, -0.05) is 18.6 Å². The van der Waals surface area contributed by atoms with Crippen LogP contribution in [0.5, 0.6) is 0 Å². The Labute approximate surface area is 55.3 Å². The summed E-state index contributed by atoms with van der Waals surface area (Å²) in [5, 5.41) is 0. The Morgan fingerprint density at radius 3 is 3.00 bits per heavy atom. The monoisotopic (exact) mass is 118 g/mol. The number of allylic oxidation sites excluding steroid dienone is 4. The fraction of sp³-hybridized carbons (Fsp3) is 0.556. The normalized spacial score (nSPS) is 43.4. The third-order valence-corrected chi connectivity index (χ3v) is 3.07. The first-order valence-electron chi connectivity index (χ1n) is 3.79. The lowest BCUT2D eigenvalue weighted by Gasteiger charge is -2.39. The predicted molar refractivity (Wildman–Crippen MR) is 37.0 cm³/mol. The van der Waals surface area contributed by atoms with E-state index in [1.54, 1.807) is 16.7 Å². The zero-order valence-electron chi connectivity index (χ0n) is 5.65. The summed E-state index contributed by atoms with van der Waals surface area (Å²) < 4.78 is 0. The molecule has 0 N–H and O–H groups in total. The molecule has 0 amide bonds. The van der Waals surface area contributed by atoms with Crippen molar-refractivity contribution in [3.63, 3.8) is 0 Å². The molecule has 2 atom stereocenters. The van der Waals surface area contributed by atoms with Crippen LogP contribution in [0.1, 0.15) is 19.8 Å². The van der Waals surface area contributed by atoms with Gasteiger partial charge in [0.25, 0.3) is 0 Å². The van der Waals surface area contributed by atoms with Gasteiger partial charge in [-0.05, 0) is 35.8 Å². The summed E-state index contributed by atoms with van der Waals surface area (Å²) in [6, 6.07) is 0. The van der Waals surface area contributed by atoms with Crippen molar-refractivity contribution in [1.82, 2.24) is 0 Å². The summed E-state index contributed by atoms with van der Waals surface area (Å²) in [5.41, 5.74) is 5.23. The van der Waals surface area contributed by atoms with Crippen molar-refractivity contribution < 1.29 is 0 Å². The fourth-order valence-corrected chi connectivity index (χ4v) is 2.49. The molecule has 3 rings (SSSR count). The molecule has 0 saturated heterocycles. The van der Waals surface area contributed by atoms with Gasteiger partial charge in [-0.2, -0.15) is 0 Å². The van der Waals surface area contributed by atoms with Crippen molar-refractivity contribution in [2.24, 2.45) is 11.8 Å². The maximum atomic E-state index is 2.47. The molecular formula is C9H10. The Morgan fingerprint density at radius 2 is 2.44 bits per heavy atom. The van der Waals surface area contributed by atoms with Gasteiger partial charge in [0.15, 0.2) is 0 Å². The lowest BCUT2D eigenvalue weighted by molar-refractivity contribution is 0.437. The summed E-state index contributed by atoms with van der Waals surface area (Å²) in [6.07, 6.45) is 5.24. The van der Waals surface area contributed by atoms with Gasteiger partial charge in [0.1, 0.15) is 0 Å². The van der Waals surface area contributed by atoms with Crippen molar-refractivity contribution in [3.05, 3.63) is 22.8 Å². The molecule has 0 aliphatic heterocycles. The lowest BCUT2D eigenvalue weighted by Crippen LogP contribution is -2.25. The van der Waals surface area contributed by atoms with Crippen molar-refractivity contribution in [3.8, 4) is 0 Å². The van der Waals surface area contributed by atoms with Crippen LogP contribution in [0.2, 0.25) is 0 Å². The van der Waals surface area contributed by atoms with E-state index in [0.717, 1.165) is 11.8 Å². The molecule has 3 aliphatic carbocycles. The van der Waals surface area contributed by atoms with Crippen molar-refractivity contribution in [2.75, 3.05) is 0 Å². The van der Waals surface area contributed by atoms with Gasteiger partial charge in [-0.3, -0.25) is 0 Å². The topological polar surface area (TPSA) is 0 Å². The Balaban J connectivity index is 2.21. The van der Waals surface area contributed by atoms with Gasteiger partial charge >= 0.3 is 0 Å². The number of hydrogen-bond acceptors (Lipinski definition) is 0. The average Bonchev–Trinajstić information content (AvgIpc) is 2.01. The van der Waals surface area contributed by atoms with Crippen LogP contribution in [0.25, 0.3) is 0 Å². The molecule has 46 valence electrons. The summed E-state index contributed by atoms with van der Waals surface area (Å²) in [7, 11) is 0. The zero-order chi connectivity index (χ0) is 6.01.